The van der Waals surface area contributed by atoms with Gasteiger partial charge in [0.25, 0.3) is 0 Å². The molecule has 0 radical (unpaired) electrons. The lowest BCUT2D eigenvalue weighted by Crippen LogP contribution is -2.14. The van der Waals surface area contributed by atoms with E-state index in [1.807, 2.05) is 48.2 Å². The van der Waals surface area contributed by atoms with Crippen molar-refractivity contribution >= 4 is 11.8 Å². The number of aliphatic hydroxyl groups is 1. The first kappa shape index (κ1) is 10.9. The molecule has 0 aliphatic carbocycles. The van der Waals surface area contributed by atoms with Gasteiger partial charge in [-0.05, 0) is 16.7 Å². The van der Waals surface area contributed by atoms with Crippen molar-refractivity contribution in [3.63, 3.8) is 0 Å². The summed E-state index contributed by atoms with van der Waals surface area (Å²) in [6.45, 7) is 0. The second-order valence-electron chi connectivity index (χ2n) is 4.29. The van der Waals surface area contributed by atoms with Gasteiger partial charge < -0.3 is 5.11 Å². The van der Waals surface area contributed by atoms with Crippen LogP contribution in [0.1, 0.15) is 28.0 Å². The number of aliphatic hydroxyl groups excluding tert-OH is 1. The van der Waals surface area contributed by atoms with Crippen LogP contribution in [0, 0.1) is 0 Å². The molecule has 1 N–H and O–H groups in total. The van der Waals surface area contributed by atoms with Crippen molar-refractivity contribution in [2.45, 2.75) is 17.1 Å². The van der Waals surface area contributed by atoms with E-state index in [4.69, 9.17) is 0 Å². The summed E-state index contributed by atoms with van der Waals surface area (Å²) in [5.41, 5.74) is 3.55. The Bertz CT molecular complexity index is 509. The molecule has 0 fully saturated rings. The second kappa shape index (κ2) is 4.55. The maximum absolute atomic E-state index is 10.5. The number of thioether (sulfide) groups is 1. The predicted octanol–water partition coefficient (Wildman–Crippen LogP) is 3.71. The molecule has 1 aliphatic rings. The van der Waals surface area contributed by atoms with Gasteiger partial charge in [0.2, 0.25) is 0 Å². The highest BCUT2D eigenvalue weighted by molar-refractivity contribution is 7.98. The van der Waals surface area contributed by atoms with Crippen LogP contribution >= 0.6 is 11.8 Å². The fraction of sp³-hybridized carbons (Fsp3) is 0.200. The second-order valence-corrected chi connectivity index (χ2v) is 5.42. The Morgan fingerprint density at radius 2 is 1.65 bits per heavy atom. The van der Waals surface area contributed by atoms with Crippen LogP contribution in [0.4, 0.5) is 0 Å². The summed E-state index contributed by atoms with van der Waals surface area (Å²) >= 11 is 1.82. The van der Waals surface area contributed by atoms with Gasteiger partial charge in [-0.1, -0.05) is 54.6 Å². The van der Waals surface area contributed by atoms with E-state index in [1.54, 1.807) is 0 Å². The van der Waals surface area contributed by atoms with E-state index in [9.17, 15) is 5.11 Å². The normalized spacial score (nSPS) is 23.1. The first-order valence-corrected chi connectivity index (χ1v) is 6.83. The van der Waals surface area contributed by atoms with Crippen molar-refractivity contribution < 1.29 is 5.11 Å². The number of benzene rings is 2. The van der Waals surface area contributed by atoms with Gasteiger partial charge in [-0.15, -0.1) is 11.8 Å². The van der Waals surface area contributed by atoms with Crippen LogP contribution in [0.2, 0.25) is 0 Å². The van der Waals surface area contributed by atoms with Crippen molar-refractivity contribution in [1.29, 1.82) is 0 Å². The summed E-state index contributed by atoms with van der Waals surface area (Å²) in [6, 6.07) is 18.4. The van der Waals surface area contributed by atoms with E-state index in [1.165, 1.54) is 11.1 Å². The monoisotopic (exact) mass is 242 g/mol. The topological polar surface area (TPSA) is 20.2 Å². The third-order valence-electron chi connectivity index (χ3n) is 3.21. The summed E-state index contributed by atoms with van der Waals surface area (Å²) in [6.07, 6.45) is -0.396. The largest absolute Gasteiger partial charge is 0.387 e. The molecule has 86 valence electrons. The summed E-state index contributed by atoms with van der Waals surface area (Å²) in [5, 5.41) is 10.6. The molecule has 0 spiro atoms. The average molecular weight is 242 g/mol. The zero-order valence-electron chi connectivity index (χ0n) is 9.41. The van der Waals surface area contributed by atoms with Crippen LogP contribution in [-0.2, 0) is 5.75 Å². The predicted molar refractivity (Wildman–Crippen MR) is 71.9 cm³/mol. The van der Waals surface area contributed by atoms with Gasteiger partial charge in [0.15, 0.2) is 0 Å². The van der Waals surface area contributed by atoms with Crippen molar-refractivity contribution in [3.05, 3.63) is 71.3 Å². The third-order valence-corrected chi connectivity index (χ3v) is 4.57. The summed E-state index contributed by atoms with van der Waals surface area (Å²) in [4.78, 5) is 0. The standard InChI is InChI=1S/C15H14OS/c16-14-13-9-5-4-8-12(13)10-17-15(14)11-6-2-1-3-7-11/h1-9,14-16H,10H2. The molecule has 2 unspecified atom stereocenters. The summed E-state index contributed by atoms with van der Waals surface area (Å²) < 4.78 is 0. The molecule has 0 bridgehead atoms. The van der Waals surface area contributed by atoms with E-state index < -0.39 is 6.10 Å². The van der Waals surface area contributed by atoms with Crippen molar-refractivity contribution in [3.8, 4) is 0 Å². The Labute approximate surface area is 105 Å². The van der Waals surface area contributed by atoms with E-state index in [0.29, 0.717) is 0 Å². The molecule has 2 atom stereocenters. The number of fused-ring (bicyclic) bond motifs is 1. The van der Waals surface area contributed by atoms with E-state index >= 15 is 0 Å². The average Bonchev–Trinajstić information content (AvgIpc) is 2.40. The fourth-order valence-electron chi connectivity index (χ4n) is 2.31. The molecule has 1 heterocycles. The molecule has 0 amide bonds. The zero-order valence-corrected chi connectivity index (χ0v) is 10.2. The summed E-state index contributed by atoms with van der Waals surface area (Å²) in [5.74, 6) is 0.979. The first-order chi connectivity index (χ1) is 8.36. The molecule has 2 heteroatoms. The fourth-order valence-corrected chi connectivity index (χ4v) is 3.61. The molecular weight excluding hydrogens is 228 g/mol. The molecule has 2 aromatic carbocycles. The minimum atomic E-state index is -0.396. The number of hydrogen-bond acceptors (Lipinski definition) is 2. The molecule has 1 nitrogen and oxygen atoms in total. The number of rotatable bonds is 1. The van der Waals surface area contributed by atoms with Gasteiger partial charge in [-0.3, -0.25) is 0 Å². The maximum Gasteiger partial charge on any atom is 0.0952 e. The maximum atomic E-state index is 10.5. The SMILES string of the molecule is OC1c2ccccc2CSC1c1ccccc1. The van der Waals surface area contributed by atoms with Gasteiger partial charge in [0.1, 0.15) is 0 Å². The molecule has 0 saturated heterocycles. The van der Waals surface area contributed by atoms with Crippen LogP contribution in [0.25, 0.3) is 0 Å². The summed E-state index contributed by atoms with van der Waals surface area (Å²) in [7, 11) is 0. The quantitative estimate of drug-likeness (QED) is 0.822. The molecule has 3 rings (SSSR count). The van der Waals surface area contributed by atoms with E-state index in [-0.39, 0.29) is 5.25 Å². The Hall–Kier alpha value is -1.25. The van der Waals surface area contributed by atoms with Gasteiger partial charge >= 0.3 is 0 Å². The molecule has 1 aliphatic heterocycles. The lowest BCUT2D eigenvalue weighted by atomic mass is 9.96. The third kappa shape index (κ3) is 1.99. The Morgan fingerprint density at radius 1 is 0.941 bits per heavy atom. The minimum absolute atomic E-state index is 0.158. The van der Waals surface area contributed by atoms with E-state index in [2.05, 4.69) is 18.2 Å². The Balaban J connectivity index is 1.97. The van der Waals surface area contributed by atoms with Gasteiger partial charge in [-0.2, -0.15) is 0 Å². The Kier molecular flexibility index (Phi) is 2.91. The highest BCUT2D eigenvalue weighted by Crippen LogP contribution is 2.46. The van der Waals surface area contributed by atoms with Crippen LogP contribution < -0.4 is 0 Å². The van der Waals surface area contributed by atoms with Crippen LogP contribution in [0.5, 0.6) is 0 Å². The first-order valence-electron chi connectivity index (χ1n) is 5.78. The number of hydrogen-bond donors (Lipinski definition) is 1. The molecule has 0 saturated carbocycles. The molecule has 0 aromatic heterocycles. The van der Waals surface area contributed by atoms with E-state index in [0.717, 1.165) is 11.3 Å². The highest BCUT2D eigenvalue weighted by Gasteiger charge is 2.29. The van der Waals surface area contributed by atoms with Gasteiger partial charge in [0.05, 0.1) is 11.4 Å². The van der Waals surface area contributed by atoms with Crippen LogP contribution in [-0.4, -0.2) is 5.11 Å². The van der Waals surface area contributed by atoms with Crippen LogP contribution in [0.15, 0.2) is 54.6 Å². The Morgan fingerprint density at radius 3 is 2.47 bits per heavy atom. The smallest absolute Gasteiger partial charge is 0.0952 e. The molecule has 2 aromatic rings. The minimum Gasteiger partial charge on any atom is -0.387 e. The lowest BCUT2D eigenvalue weighted by Gasteiger charge is -2.29. The van der Waals surface area contributed by atoms with Crippen molar-refractivity contribution in [2.24, 2.45) is 0 Å². The molecular formula is C15H14OS. The lowest BCUT2D eigenvalue weighted by molar-refractivity contribution is 0.172. The van der Waals surface area contributed by atoms with Crippen molar-refractivity contribution in [2.75, 3.05) is 0 Å². The van der Waals surface area contributed by atoms with Gasteiger partial charge in [0, 0.05) is 5.75 Å². The zero-order chi connectivity index (χ0) is 11.7. The van der Waals surface area contributed by atoms with Crippen LogP contribution in [0.3, 0.4) is 0 Å². The highest BCUT2D eigenvalue weighted by atomic mass is 32.2. The molecule has 17 heavy (non-hydrogen) atoms. The van der Waals surface area contributed by atoms with Crippen molar-refractivity contribution in [1.82, 2.24) is 0 Å². The van der Waals surface area contributed by atoms with Gasteiger partial charge in [-0.25, -0.2) is 0 Å².